The lowest BCUT2D eigenvalue weighted by Gasteiger charge is -2.22. The molecule has 1 atom stereocenters. The Morgan fingerprint density at radius 1 is 1.45 bits per heavy atom. The van der Waals surface area contributed by atoms with Crippen molar-refractivity contribution in [1.82, 2.24) is 25.7 Å². The molecule has 8 heteroatoms. The van der Waals surface area contributed by atoms with Crippen LogP contribution in [-0.4, -0.2) is 47.8 Å². The SMILES string of the molecule is CCCNC(=O)CNC(=O)c1ccn(C2CCCNC2)n1.Cl. The van der Waals surface area contributed by atoms with Gasteiger partial charge < -0.3 is 16.0 Å². The lowest BCUT2D eigenvalue weighted by Crippen LogP contribution is -2.37. The maximum atomic E-state index is 11.9. The molecule has 0 spiro atoms. The van der Waals surface area contributed by atoms with Crippen LogP contribution in [0.1, 0.15) is 42.7 Å². The number of halogens is 1. The summed E-state index contributed by atoms with van der Waals surface area (Å²) in [6, 6.07) is 1.99. The van der Waals surface area contributed by atoms with Crippen LogP contribution in [0.5, 0.6) is 0 Å². The summed E-state index contributed by atoms with van der Waals surface area (Å²) in [7, 11) is 0. The number of nitrogens with zero attached hydrogens (tertiary/aromatic N) is 2. The highest BCUT2D eigenvalue weighted by molar-refractivity contribution is 5.94. The highest BCUT2D eigenvalue weighted by Gasteiger charge is 2.17. The molecule has 124 valence electrons. The maximum absolute atomic E-state index is 11.9. The maximum Gasteiger partial charge on any atom is 0.272 e. The van der Waals surface area contributed by atoms with E-state index in [0.717, 1.165) is 32.4 Å². The molecule has 0 radical (unpaired) electrons. The molecule has 0 bridgehead atoms. The summed E-state index contributed by atoms with van der Waals surface area (Å²) in [5.74, 6) is -0.495. The molecule has 1 aliphatic heterocycles. The van der Waals surface area contributed by atoms with Gasteiger partial charge in [0.2, 0.25) is 5.91 Å². The van der Waals surface area contributed by atoms with Crippen LogP contribution in [0.2, 0.25) is 0 Å². The summed E-state index contributed by atoms with van der Waals surface area (Å²) in [4.78, 5) is 23.4. The number of hydrogen-bond donors (Lipinski definition) is 3. The van der Waals surface area contributed by atoms with E-state index in [1.54, 1.807) is 6.07 Å². The van der Waals surface area contributed by atoms with Crippen molar-refractivity contribution >= 4 is 24.2 Å². The smallest absolute Gasteiger partial charge is 0.272 e. The standard InChI is InChI=1S/C14H23N5O2.ClH/c1-2-6-16-13(20)10-17-14(21)12-5-8-19(18-12)11-4-3-7-15-9-11;/h5,8,11,15H,2-4,6-7,9-10H2,1H3,(H,16,20)(H,17,21);1H. The number of rotatable bonds is 6. The zero-order valence-electron chi connectivity index (χ0n) is 12.8. The molecule has 0 aliphatic carbocycles. The van der Waals surface area contributed by atoms with Gasteiger partial charge in [-0.05, 0) is 31.9 Å². The number of aromatic nitrogens is 2. The van der Waals surface area contributed by atoms with Crippen molar-refractivity contribution in [2.75, 3.05) is 26.2 Å². The number of amides is 2. The molecule has 2 amide bonds. The van der Waals surface area contributed by atoms with Crippen molar-refractivity contribution in [3.63, 3.8) is 0 Å². The van der Waals surface area contributed by atoms with Crippen LogP contribution in [0.15, 0.2) is 12.3 Å². The summed E-state index contributed by atoms with van der Waals surface area (Å²) >= 11 is 0. The molecule has 2 heterocycles. The first-order chi connectivity index (χ1) is 10.2. The van der Waals surface area contributed by atoms with Crippen molar-refractivity contribution < 1.29 is 9.59 Å². The summed E-state index contributed by atoms with van der Waals surface area (Å²) in [5.41, 5.74) is 0.351. The quantitative estimate of drug-likeness (QED) is 0.708. The van der Waals surface area contributed by atoms with E-state index in [0.29, 0.717) is 18.3 Å². The molecular formula is C14H24ClN5O2. The van der Waals surface area contributed by atoms with Crippen LogP contribution in [-0.2, 0) is 4.79 Å². The fourth-order valence-corrected chi connectivity index (χ4v) is 2.30. The van der Waals surface area contributed by atoms with Gasteiger partial charge in [0.25, 0.3) is 5.91 Å². The third kappa shape index (κ3) is 5.31. The molecule has 7 nitrogen and oxygen atoms in total. The first-order valence-corrected chi connectivity index (χ1v) is 7.51. The van der Waals surface area contributed by atoms with Gasteiger partial charge in [0, 0.05) is 19.3 Å². The fraction of sp³-hybridized carbons (Fsp3) is 0.643. The molecular weight excluding hydrogens is 306 g/mol. The van der Waals surface area contributed by atoms with Crippen molar-refractivity contribution in [3.05, 3.63) is 18.0 Å². The van der Waals surface area contributed by atoms with E-state index in [2.05, 4.69) is 21.0 Å². The number of carbonyl (C=O) groups excluding carboxylic acids is 2. The van der Waals surface area contributed by atoms with Gasteiger partial charge in [-0.1, -0.05) is 6.92 Å². The fourth-order valence-electron chi connectivity index (χ4n) is 2.30. The second kappa shape index (κ2) is 9.42. The van der Waals surface area contributed by atoms with Crippen LogP contribution in [0, 0.1) is 0 Å². The third-order valence-corrected chi connectivity index (χ3v) is 3.47. The Hall–Kier alpha value is -1.60. The number of hydrogen-bond acceptors (Lipinski definition) is 4. The number of carbonyl (C=O) groups is 2. The van der Waals surface area contributed by atoms with Crippen molar-refractivity contribution in [2.24, 2.45) is 0 Å². The predicted octanol–water partition coefficient (Wildman–Crippen LogP) is 0.485. The Labute approximate surface area is 136 Å². The van der Waals surface area contributed by atoms with Crippen LogP contribution in [0.4, 0.5) is 0 Å². The van der Waals surface area contributed by atoms with E-state index in [1.165, 1.54) is 0 Å². The third-order valence-electron chi connectivity index (χ3n) is 3.47. The van der Waals surface area contributed by atoms with E-state index in [9.17, 15) is 9.59 Å². The van der Waals surface area contributed by atoms with Crippen LogP contribution < -0.4 is 16.0 Å². The summed E-state index contributed by atoms with van der Waals surface area (Å²) in [5, 5.41) is 12.9. The molecule has 1 aliphatic rings. The molecule has 0 aromatic carbocycles. The Bertz CT molecular complexity index is 485. The summed E-state index contributed by atoms with van der Waals surface area (Å²) in [6.45, 7) is 4.50. The molecule has 1 saturated heterocycles. The zero-order chi connectivity index (χ0) is 15.1. The van der Waals surface area contributed by atoms with Crippen molar-refractivity contribution in [3.8, 4) is 0 Å². The van der Waals surface area contributed by atoms with Gasteiger partial charge in [-0.25, -0.2) is 0 Å². The van der Waals surface area contributed by atoms with E-state index < -0.39 is 0 Å². The second-order valence-corrected chi connectivity index (χ2v) is 5.21. The Morgan fingerprint density at radius 3 is 2.95 bits per heavy atom. The van der Waals surface area contributed by atoms with Crippen LogP contribution in [0.25, 0.3) is 0 Å². The summed E-state index contributed by atoms with van der Waals surface area (Å²) < 4.78 is 1.83. The lowest BCUT2D eigenvalue weighted by atomic mass is 10.1. The average molecular weight is 330 g/mol. The molecule has 1 aromatic rings. The molecule has 1 aromatic heterocycles. The largest absolute Gasteiger partial charge is 0.355 e. The molecule has 0 saturated carbocycles. The van der Waals surface area contributed by atoms with Gasteiger partial charge in [0.05, 0.1) is 12.6 Å². The lowest BCUT2D eigenvalue weighted by molar-refractivity contribution is -0.120. The Kier molecular flexibility index (Phi) is 7.90. The molecule has 2 rings (SSSR count). The summed E-state index contributed by atoms with van der Waals surface area (Å²) in [6.07, 6.45) is 4.88. The number of nitrogens with one attached hydrogen (secondary N) is 3. The highest BCUT2D eigenvalue weighted by Crippen LogP contribution is 2.15. The van der Waals surface area contributed by atoms with Crippen LogP contribution in [0.3, 0.4) is 0 Å². The predicted molar refractivity (Wildman–Crippen MR) is 86.2 cm³/mol. The molecule has 1 unspecified atom stereocenters. The normalized spacial score (nSPS) is 17.4. The monoisotopic (exact) mass is 329 g/mol. The van der Waals surface area contributed by atoms with Gasteiger partial charge in [0.1, 0.15) is 5.69 Å². The van der Waals surface area contributed by atoms with E-state index in [4.69, 9.17) is 0 Å². The minimum absolute atomic E-state index is 0. The van der Waals surface area contributed by atoms with E-state index >= 15 is 0 Å². The zero-order valence-corrected chi connectivity index (χ0v) is 13.6. The second-order valence-electron chi connectivity index (χ2n) is 5.21. The van der Waals surface area contributed by atoms with Crippen LogP contribution >= 0.6 is 12.4 Å². The van der Waals surface area contributed by atoms with E-state index in [1.807, 2.05) is 17.8 Å². The Morgan fingerprint density at radius 2 is 2.27 bits per heavy atom. The topological polar surface area (TPSA) is 88.0 Å². The van der Waals surface area contributed by atoms with Gasteiger partial charge in [-0.3, -0.25) is 14.3 Å². The Balaban J connectivity index is 0.00000242. The molecule has 1 fully saturated rings. The van der Waals surface area contributed by atoms with E-state index in [-0.39, 0.29) is 30.8 Å². The van der Waals surface area contributed by atoms with Gasteiger partial charge in [-0.2, -0.15) is 5.10 Å². The molecule has 22 heavy (non-hydrogen) atoms. The average Bonchev–Trinajstić information content (AvgIpc) is 3.01. The highest BCUT2D eigenvalue weighted by atomic mass is 35.5. The first-order valence-electron chi connectivity index (χ1n) is 7.51. The van der Waals surface area contributed by atoms with Gasteiger partial charge in [-0.15, -0.1) is 12.4 Å². The first kappa shape index (κ1) is 18.4. The minimum atomic E-state index is -0.316. The van der Waals surface area contributed by atoms with Crippen molar-refractivity contribution in [2.45, 2.75) is 32.2 Å². The minimum Gasteiger partial charge on any atom is -0.355 e. The van der Waals surface area contributed by atoms with Crippen molar-refractivity contribution in [1.29, 1.82) is 0 Å². The van der Waals surface area contributed by atoms with Gasteiger partial charge in [0.15, 0.2) is 0 Å². The van der Waals surface area contributed by atoms with Gasteiger partial charge >= 0.3 is 0 Å². The number of piperidine rings is 1. The molecule has 3 N–H and O–H groups in total.